The highest BCUT2D eigenvalue weighted by molar-refractivity contribution is 6.20. The van der Waals surface area contributed by atoms with Crippen molar-refractivity contribution in [3.05, 3.63) is 0 Å². The fourth-order valence-corrected chi connectivity index (χ4v) is 1.77. The molecule has 0 saturated carbocycles. The monoisotopic (exact) mass is 203 g/mol. The third-order valence-electron chi connectivity index (χ3n) is 2.36. The van der Waals surface area contributed by atoms with Gasteiger partial charge in [-0.15, -0.1) is 11.6 Å². The molecule has 1 amide bonds. The molecule has 0 aromatic rings. The number of carbonyl (C=O) groups excluding carboxylic acids is 1. The van der Waals surface area contributed by atoms with E-state index in [1.165, 1.54) is 0 Å². The molecule has 0 aromatic carbocycles. The highest BCUT2D eigenvalue weighted by Gasteiger charge is 2.21. The Kier molecular flexibility index (Phi) is 4.04. The number of piperidine rings is 1. The van der Waals surface area contributed by atoms with Crippen molar-refractivity contribution in [2.45, 2.75) is 38.5 Å². The van der Waals surface area contributed by atoms with Crippen LogP contribution in [0.1, 0.15) is 33.1 Å². The van der Waals surface area contributed by atoms with E-state index in [9.17, 15) is 4.79 Å². The van der Waals surface area contributed by atoms with Crippen molar-refractivity contribution >= 4 is 17.5 Å². The summed E-state index contributed by atoms with van der Waals surface area (Å²) < 4.78 is 0. The molecule has 1 aliphatic heterocycles. The third-order valence-corrected chi connectivity index (χ3v) is 2.80. The number of halogens is 1. The number of nitrogens with zero attached hydrogens (tertiary/aromatic N) is 1. The molecule has 0 atom stereocenters. The Morgan fingerprint density at radius 2 is 2.00 bits per heavy atom. The lowest BCUT2D eigenvalue weighted by Gasteiger charge is -2.29. The lowest BCUT2D eigenvalue weighted by atomic mass is 10.1. The molecule has 0 N–H and O–H groups in total. The van der Waals surface area contributed by atoms with Crippen LogP contribution < -0.4 is 0 Å². The maximum Gasteiger partial charge on any atom is 0.222 e. The van der Waals surface area contributed by atoms with Crippen LogP contribution in [0.3, 0.4) is 0 Å². The number of hydrogen-bond donors (Lipinski definition) is 0. The lowest BCUT2D eigenvalue weighted by molar-refractivity contribution is -0.132. The predicted octanol–water partition coefficient (Wildman–Crippen LogP) is 2.26. The van der Waals surface area contributed by atoms with Gasteiger partial charge in [-0.05, 0) is 18.8 Å². The second kappa shape index (κ2) is 4.85. The van der Waals surface area contributed by atoms with Crippen LogP contribution in [0, 0.1) is 5.92 Å². The number of carbonyl (C=O) groups is 1. The SMILES string of the molecule is CC(C)CC(=O)N1CCC(Cl)CC1. The average Bonchev–Trinajstić information content (AvgIpc) is 2.04. The van der Waals surface area contributed by atoms with Crippen LogP contribution in [0.15, 0.2) is 0 Å². The van der Waals surface area contributed by atoms with Gasteiger partial charge in [0.15, 0.2) is 0 Å². The minimum Gasteiger partial charge on any atom is -0.343 e. The maximum absolute atomic E-state index is 11.6. The molecule has 1 saturated heterocycles. The van der Waals surface area contributed by atoms with Crippen molar-refractivity contribution in [3.63, 3.8) is 0 Å². The van der Waals surface area contributed by atoms with Crippen molar-refractivity contribution in [1.82, 2.24) is 4.90 Å². The van der Waals surface area contributed by atoms with E-state index in [4.69, 9.17) is 11.6 Å². The highest BCUT2D eigenvalue weighted by Crippen LogP contribution is 2.17. The van der Waals surface area contributed by atoms with Crippen molar-refractivity contribution in [2.75, 3.05) is 13.1 Å². The number of amides is 1. The van der Waals surface area contributed by atoms with E-state index in [2.05, 4.69) is 13.8 Å². The molecule has 1 heterocycles. The zero-order chi connectivity index (χ0) is 9.84. The van der Waals surface area contributed by atoms with Gasteiger partial charge in [0.05, 0.1) is 0 Å². The first-order valence-electron chi connectivity index (χ1n) is 5.01. The first-order valence-corrected chi connectivity index (χ1v) is 5.45. The molecule has 1 rings (SSSR count). The minimum atomic E-state index is 0.281. The molecule has 3 heteroatoms. The Morgan fingerprint density at radius 3 is 2.46 bits per heavy atom. The normalized spacial score (nSPS) is 19.5. The van der Waals surface area contributed by atoms with Gasteiger partial charge in [0.25, 0.3) is 0 Å². The topological polar surface area (TPSA) is 20.3 Å². The van der Waals surface area contributed by atoms with E-state index in [0.29, 0.717) is 18.2 Å². The molecule has 13 heavy (non-hydrogen) atoms. The Morgan fingerprint density at radius 1 is 1.46 bits per heavy atom. The second-order valence-corrected chi connectivity index (χ2v) is 4.77. The van der Waals surface area contributed by atoms with Gasteiger partial charge >= 0.3 is 0 Å². The number of hydrogen-bond acceptors (Lipinski definition) is 1. The summed E-state index contributed by atoms with van der Waals surface area (Å²) in [6.45, 7) is 5.85. The summed E-state index contributed by atoms with van der Waals surface area (Å²) in [4.78, 5) is 13.5. The quantitative estimate of drug-likeness (QED) is 0.631. The van der Waals surface area contributed by atoms with Crippen LogP contribution in [0.4, 0.5) is 0 Å². The van der Waals surface area contributed by atoms with Gasteiger partial charge in [0.2, 0.25) is 5.91 Å². The van der Waals surface area contributed by atoms with E-state index in [-0.39, 0.29) is 5.38 Å². The standard InChI is InChI=1S/C10H18ClNO/c1-8(2)7-10(13)12-5-3-9(11)4-6-12/h8-9H,3-7H2,1-2H3. The summed E-state index contributed by atoms with van der Waals surface area (Å²) in [5.41, 5.74) is 0. The van der Waals surface area contributed by atoms with Gasteiger partial charge in [-0.3, -0.25) is 4.79 Å². The molecule has 0 spiro atoms. The molecule has 0 unspecified atom stereocenters. The Labute approximate surface area is 85.2 Å². The van der Waals surface area contributed by atoms with Gasteiger partial charge in [0, 0.05) is 24.9 Å². The second-order valence-electron chi connectivity index (χ2n) is 4.15. The summed E-state index contributed by atoms with van der Waals surface area (Å²) in [6, 6.07) is 0. The Balaban J connectivity index is 2.31. The summed E-state index contributed by atoms with van der Waals surface area (Å²) in [5, 5.41) is 0.281. The summed E-state index contributed by atoms with van der Waals surface area (Å²) in [7, 11) is 0. The molecule has 0 radical (unpaired) electrons. The van der Waals surface area contributed by atoms with Gasteiger partial charge in [0.1, 0.15) is 0 Å². The van der Waals surface area contributed by atoms with E-state index >= 15 is 0 Å². The van der Waals surface area contributed by atoms with Gasteiger partial charge in [-0.2, -0.15) is 0 Å². The van der Waals surface area contributed by atoms with Crippen molar-refractivity contribution in [1.29, 1.82) is 0 Å². The number of likely N-dealkylation sites (tertiary alicyclic amines) is 1. The highest BCUT2D eigenvalue weighted by atomic mass is 35.5. The predicted molar refractivity (Wildman–Crippen MR) is 54.9 cm³/mol. The zero-order valence-electron chi connectivity index (χ0n) is 8.42. The van der Waals surface area contributed by atoms with Gasteiger partial charge in [-0.1, -0.05) is 13.8 Å². The van der Waals surface area contributed by atoms with Crippen molar-refractivity contribution in [3.8, 4) is 0 Å². The average molecular weight is 204 g/mol. The lowest BCUT2D eigenvalue weighted by Crippen LogP contribution is -2.39. The Hall–Kier alpha value is -0.240. The van der Waals surface area contributed by atoms with Gasteiger partial charge < -0.3 is 4.90 Å². The van der Waals surface area contributed by atoms with E-state index < -0.39 is 0 Å². The van der Waals surface area contributed by atoms with Crippen molar-refractivity contribution < 1.29 is 4.79 Å². The largest absolute Gasteiger partial charge is 0.343 e. The fraction of sp³-hybridized carbons (Fsp3) is 0.900. The first kappa shape index (κ1) is 10.8. The zero-order valence-corrected chi connectivity index (χ0v) is 9.18. The van der Waals surface area contributed by atoms with E-state index in [1.807, 2.05) is 4.90 Å². The van der Waals surface area contributed by atoms with Crippen LogP contribution in [-0.2, 0) is 4.79 Å². The molecular formula is C10H18ClNO. The van der Waals surface area contributed by atoms with Crippen LogP contribution in [0.2, 0.25) is 0 Å². The third kappa shape index (κ3) is 3.55. The molecule has 0 bridgehead atoms. The fourth-order valence-electron chi connectivity index (χ4n) is 1.58. The molecule has 2 nitrogen and oxygen atoms in total. The molecule has 0 aliphatic carbocycles. The molecule has 1 fully saturated rings. The van der Waals surface area contributed by atoms with Gasteiger partial charge in [-0.25, -0.2) is 0 Å². The summed E-state index contributed by atoms with van der Waals surface area (Å²) in [6.07, 6.45) is 2.57. The maximum atomic E-state index is 11.6. The molecule has 1 aliphatic rings. The van der Waals surface area contributed by atoms with E-state index in [0.717, 1.165) is 25.9 Å². The van der Waals surface area contributed by atoms with Crippen LogP contribution in [0.25, 0.3) is 0 Å². The summed E-state index contributed by atoms with van der Waals surface area (Å²) in [5.74, 6) is 0.750. The Bertz CT molecular complexity index is 174. The molecular weight excluding hydrogens is 186 g/mol. The molecule has 0 aromatic heterocycles. The number of rotatable bonds is 2. The first-order chi connectivity index (χ1) is 6.09. The number of alkyl halides is 1. The minimum absolute atomic E-state index is 0.281. The van der Waals surface area contributed by atoms with Crippen LogP contribution in [-0.4, -0.2) is 29.3 Å². The van der Waals surface area contributed by atoms with Crippen molar-refractivity contribution in [2.24, 2.45) is 5.92 Å². The smallest absolute Gasteiger partial charge is 0.222 e. The summed E-state index contributed by atoms with van der Waals surface area (Å²) >= 11 is 5.95. The van der Waals surface area contributed by atoms with E-state index in [1.54, 1.807) is 0 Å². The van der Waals surface area contributed by atoms with Crippen LogP contribution in [0.5, 0.6) is 0 Å². The molecule has 76 valence electrons. The van der Waals surface area contributed by atoms with Crippen LogP contribution >= 0.6 is 11.6 Å².